The highest BCUT2D eigenvalue weighted by atomic mass is 35.5. The molecule has 0 aliphatic carbocycles. The molecule has 1 atom stereocenters. The van der Waals surface area contributed by atoms with Gasteiger partial charge in [0.05, 0.1) is 6.04 Å². The number of alkyl halides is 3. The molecule has 0 unspecified atom stereocenters. The van der Waals surface area contributed by atoms with Crippen LogP contribution in [0.3, 0.4) is 0 Å². The molecule has 1 aliphatic heterocycles. The molecule has 2 heterocycles. The van der Waals surface area contributed by atoms with Crippen molar-refractivity contribution in [2.45, 2.75) is 12.4 Å². The van der Waals surface area contributed by atoms with Gasteiger partial charge < -0.3 is 10.1 Å². The Morgan fingerprint density at radius 3 is 2.20 bits per heavy atom. The lowest BCUT2D eigenvalue weighted by Crippen LogP contribution is -2.45. The van der Waals surface area contributed by atoms with Gasteiger partial charge in [-0.1, -0.05) is 18.2 Å². The van der Waals surface area contributed by atoms with Crippen LogP contribution in [-0.4, -0.2) is 37.4 Å². The van der Waals surface area contributed by atoms with Crippen LogP contribution in [-0.2, 0) is 0 Å². The van der Waals surface area contributed by atoms with Crippen molar-refractivity contribution in [3.63, 3.8) is 0 Å². The van der Waals surface area contributed by atoms with E-state index in [4.69, 9.17) is 0 Å². The quantitative estimate of drug-likeness (QED) is 0.797. The lowest BCUT2D eigenvalue weighted by molar-refractivity contribution is -0.274. The van der Waals surface area contributed by atoms with E-state index in [0.29, 0.717) is 0 Å². The third-order valence-corrected chi connectivity index (χ3v) is 4.68. The average molecular weight is 415 g/mol. The van der Waals surface area contributed by atoms with Gasteiger partial charge in [-0.05, 0) is 29.1 Å². The number of piperazine rings is 1. The van der Waals surface area contributed by atoms with Gasteiger partial charge in [0, 0.05) is 31.1 Å². The van der Waals surface area contributed by atoms with Gasteiger partial charge in [0.15, 0.2) is 0 Å². The molecule has 1 saturated heterocycles. The molecule has 1 N–H and O–H groups in total. The Balaban J connectivity index is 0.00000156. The molecular weight excluding hydrogens is 396 g/mol. The minimum atomic E-state index is -4.66. The zero-order valence-electron chi connectivity index (χ0n) is 13.2. The van der Waals surface area contributed by atoms with Crippen LogP contribution in [0.1, 0.15) is 16.5 Å². The third-order valence-electron chi connectivity index (χ3n) is 3.76. The van der Waals surface area contributed by atoms with E-state index in [1.165, 1.54) is 17.0 Å². The minimum absolute atomic E-state index is 0. The molecule has 9 heteroatoms. The fourth-order valence-corrected chi connectivity index (χ4v) is 3.68. The Kier molecular flexibility index (Phi) is 8.50. The predicted molar refractivity (Wildman–Crippen MR) is 98.2 cm³/mol. The van der Waals surface area contributed by atoms with Crippen LogP contribution in [0.15, 0.2) is 41.8 Å². The van der Waals surface area contributed by atoms with Crippen molar-refractivity contribution in [1.82, 2.24) is 10.2 Å². The van der Waals surface area contributed by atoms with Gasteiger partial charge in [-0.3, -0.25) is 4.90 Å². The maximum atomic E-state index is 12.3. The molecule has 0 radical (unpaired) electrons. The Bertz CT molecular complexity index is 617. The van der Waals surface area contributed by atoms with Crippen LogP contribution in [0.25, 0.3) is 0 Å². The molecule has 0 amide bonds. The smallest absolute Gasteiger partial charge is 0.406 e. The van der Waals surface area contributed by atoms with Crippen molar-refractivity contribution in [2.75, 3.05) is 26.2 Å². The van der Waals surface area contributed by atoms with Crippen LogP contribution in [0.4, 0.5) is 13.2 Å². The van der Waals surface area contributed by atoms with E-state index in [1.807, 2.05) is 11.4 Å². The number of nitrogens with zero attached hydrogens (tertiary/aromatic N) is 1. The third kappa shape index (κ3) is 6.04. The Morgan fingerprint density at radius 1 is 1.04 bits per heavy atom. The standard InChI is InChI=1S/C16H17F3N2OS.2ClH/c17-16(18,19)22-13-5-3-12(4-6-13)15(14-2-1-11-23-14)21-9-7-20-8-10-21;;/h1-6,11,15,20H,7-10H2;2*1H/t15-;;/m1../s1. The maximum Gasteiger partial charge on any atom is 0.573 e. The molecule has 25 heavy (non-hydrogen) atoms. The largest absolute Gasteiger partial charge is 0.573 e. The number of hydrogen-bond acceptors (Lipinski definition) is 4. The Morgan fingerprint density at radius 2 is 1.68 bits per heavy atom. The Hall–Kier alpha value is -0.990. The fraction of sp³-hybridized carbons (Fsp3) is 0.375. The topological polar surface area (TPSA) is 24.5 Å². The SMILES string of the molecule is Cl.Cl.FC(F)(F)Oc1ccc([C@H](c2cccs2)N2CCNCC2)cc1. The molecule has 2 aromatic rings. The fourth-order valence-electron chi connectivity index (χ4n) is 2.79. The summed E-state index contributed by atoms with van der Waals surface area (Å²) in [6, 6.07) is 10.3. The lowest BCUT2D eigenvalue weighted by Gasteiger charge is -2.34. The van der Waals surface area contributed by atoms with Gasteiger partial charge in [0.25, 0.3) is 0 Å². The second kappa shape index (κ2) is 9.64. The van der Waals surface area contributed by atoms with Gasteiger partial charge >= 0.3 is 6.36 Å². The first-order valence-corrected chi connectivity index (χ1v) is 8.25. The molecule has 0 saturated carbocycles. The number of ether oxygens (including phenoxy) is 1. The molecule has 1 fully saturated rings. The average Bonchev–Trinajstić information content (AvgIpc) is 3.03. The second-order valence-corrected chi connectivity index (χ2v) is 6.30. The molecule has 140 valence electrons. The van der Waals surface area contributed by atoms with Crippen LogP contribution >= 0.6 is 36.2 Å². The highest BCUT2D eigenvalue weighted by molar-refractivity contribution is 7.10. The summed E-state index contributed by atoms with van der Waals surface area (Å²) in [5, 5.41) is 5.34. The number of benzene rings is 1. The molecule has 1 aromatic heterocycles. The summed E-state index contributed by atoms with van der Waals surface area (Å²) in [7, 11) is 0. The van der Waals surface area contributed by atoms with E-state index in [0.717, 1.165) is 31.7 Å². The van der Waals surface area contributed by atoms with Gasteiger partial charge in [0.2, 0.25) is 0 Å². The summed E-state index contributed by atoms with van der Waals surface area (Å²) in [5.41, 5.74) is 0.976. The molecule has 0 spiro atoms. The second-order valence-electron chi connectivity index (χ2n) is 5.32. The first-order valence-electron chi connectivity index (χ1n) is 7.37. The molecule has 0 bridgehead atoms. The summed E-state index contributed by atoms with van der Waals surface area (Å²) in [6.07, 6.45) is -4.66. The highest BCUT2D eigenvalue weighted by Crippen LogP contribution is 2.33. The van der Waals surface area contributed by atoms with E-state index in [2.05, 4.69) is 21.0 Å². The highest BCUT2D eigenvalue weighted by Gasteiger charge is 2.31. The van der Waals surface area contributed by atoms with Crippen LogP contribution < -0.4 is 10.1 Å². The zero-order chi connectivity index (χ0) is 16.3. The summed E-state index contributed by atoms with van der Waals surface area (Å²) in [6.45, 7) is 3.64. The van der Waals surface area contributed by atoms with E-state index in [1.54, 1.807) is 23.5 Å². The van der Waals surface area contributed by atoms with Crippen molar-refractivity contribution in [3.05, 3.63) is 52.2 Å². The van der Waals surface area contributed by atoms with Crippen LogP contribution in [0.5, 0.6) is 5.75 Å². The molecule has 3 rings (SSSR count). The van der Waals surface area contributed by atoms with E-state index in [-0.39, 0.29) is 36.6 Å². The molecule has 1 aliphatic rings. The van der Waals surface area contributed by atoms with Crippen molar-refractivity contribution < 1.29 is 17.9 Å². The summed E-state index contributed by atoms with van der Waals surface area (Å²) < 4.78 is 40.8. The van der Waals surface area contributed by atoms with E-state index >= 15 is 0 Å². The number of halogens is 5. The van der Waals surface area contributed by atoms with Gasteiger partial charge in [-0.2, -0.15) is 0 Å². The first kappa shape index (κ1) is 22.1. The maximum absolute atomic E-state index is 12.3. The number of rotatable bonds is 4. The van der Waals surface area contributed by atoms with Gasteiger partial charge in [0.1, 0.15) is 5.75 Å². The molecule has 3 nitrogen and oxygen atoms in total. The zero-order valence-corrected chi connectivity index (χ0v) is 15.6. The van der Waals surface area contributed by atoms with Gasteiger partial charge in [-0.25, -0.2) is 0 Å². The minimum Gasteiger partial charge on any atom is -0.406 e. The van der Waals surface area contributed by atoms with E-state index < -0.39 is 6.36 Å². The first-order chi connectivity index (χ1) is 11.0. The summed E-state index contributed by atoms with van der Waals surface area (Å²) >= 11 is 1.66. The van der Waals surface area contributed by atoms with Crippen molar-refractivity contribution in [2.24, 2.45) is 0 Å². The van der Waals surface area contributed by atoms with Crippen LogP contribution in [0.2, 0.25) is 0 Å². The van der Waals surface area contributed by atoms with Gasteiger partial charge in [-0.15, -0.1) is 49.3 Å². The van der Waals surface area contributed by atoms with Crippen molar-refractivity contribution in [1.29, 1.82) is 0 Å². The summed E-state index contributed by atoms with van der Waals surface area (Å²) in [5.74, 6) is -0.188. The normalized spacial score (nSPS) is 16.4. The molecule has 1 aromatic carbocycles. The number of nitrogens with one attached hydrogen (secondary N) is 1. The van der Waals surface area contributed by atoms with E-state index in [9.17, 15) is 13.2 Å². The summed E-state index contributed by atoms with van der Waals surface area (Å²) in [4.78, 5) is 3.54. The monoisotopic (exact) mass is 414 g/mol. The number of hydrogen-bond donors (Lipinski definition) is 1. The Labute approximate surface area is 161 Å². The van der Waals surface area contributed by atoms with Crippen molar-refractivity contribution >= 4 is 36.2 Å². The molecular formula is C16H19Cl2F3N2OS. The number of thiophene rings is 1. The predicted octanol–water partition coefficient (Wildman–Crippen LogP) is 4.48. The lowest BCUT2D eigenvalue weighted by atomic mass is 10.0. The van der Waals surface area contributed by atoms with Crippen molar-refractivity contribution in [3.8, 4) is 5.75 Å². The van der Waals surface area contributed by atoms with Crippen LogP contribution in [0, 0.1) is 0 Å².